The molecule has 100 valence electrons. The first-order chi connectivity index (χ1) is 9.43. The van der Waals surface area contributed by atoms with Gasteiger partial charge in [-0.25, -0.2) is 0 Å². The number of piperazine rings is 1. The fourth-order valence-corrected chi connectivity index (χ4v) is 2.81. The number of aromatic nitrogens is 1. The number of benzene rings is 1. The lowest BCUT2D eigenvalue weighted by Gasteiger charge is -2.27. The van der Waals surface area contributed by atoms with Gasteiger partial charge in [-0.3, -0.25) is 4.98 Å². The Balaban J connectivity index is 1.62. The van der Waals surface area contributed by atoms with E-state index in [0.29, 0.717) is 0 Å². The van der Waals surface area contributed by atoms with Crippen molar-refractivity contribution >= 4 is 10.8 Å². The van der Waals surface area contributed by atoms with Gasteiger partial charge in [0.1, 0.15) is 0 Å². The molecule has 1 aliphatic rings. The number of nitrogens with one attached hydrogen (secondary N) is 1. The highest BCUT2D eigenvalue weighted by Crippen LogP contribution is 2.18. The summed E-state index contributed by atoms with van der Waals surface area (Å²) in [6.07, 6.45) is 6.32. The molecule has 0 aliphatic carbocycles. The van der Waals surface area contributed by atoms with E-state index >= 15 is 0 Å². The average molecular weight is 255 g/mol. The highest BCUT2D eigenvalue weighted by atomic mass is 15.2. The van der Waals surface area contributed by atoms with E-state index in [2.05, 4.69) is 39.5 Å². The minimum absolute atomic E-state index is 1.12. The van der Waals surface area contributed by atoms with Crippen LogP contribution in [0.4, 0.5) is 0 Å². The van der Waals surface area contributed by atoms with Crippen LogP contribution in [0.5, 0.6) is 0 Å². The standard InChI is InChI=1S/C16H21N3/c1-2-6-16-14(4-1)12-18-13-15(16)5-3-9-19-10-7-17-8-11-19/h1-2,4,6,12-13,17H,3,5,7-11H2. The average Bonchev–Trinajstić information content (AvgIpc) is 2.49. The van der Waals surface area contributed by atoms with Crippen LogP contribution in [-0.4, -0.2) is 42.6 Å². The third-order valence-electron chi connectivity index (χ3n) is 3.88. The number of rotatable bonds is 4. The van der Waals surface area contributed by atoms with Gasteiger partial charge < -0.3 is 10.2 Å². The summed E-state index contributed by atoms with van der Waals surface area (Å²) < 4.78 is 0. The molecule has 1 aromatic carbocycles. The second kappa shape index (κ2) is 6.13. The Kier molecular flexibility index (Phi) is 4.06. The van der Waals surface area contributed by atoms with E-state index in [1.807, 2.05) is 12.4 Å². The topological polar surface area (TPSA) is 28.2 Å². The molecule has 0 atom stereocenters. The zero-order valence-electron chi connectivity index (χ0n) is 11.3. The van der Waals surface area contributed by atoms with Crippen molar-refractivity contribution in [2.24, 2.45) is 0 Å². The Morgan fingerprint density at radius 2 is 1.95 bits per heavy atom. The minimum Gasteiger partial charge on any atom is -0.314 e. The van der Waals surface area contributed by atoms with Crippen molar-refractivity contribution in [1.29, 1.82) is 0 Å². The molecular weight excluding hydrogens is 234 g/mol. The van der Waals surface area contributed by atoms with E-state index in [-0.39, 0.29) is 0 Å². The Morgan fingerprint density at radius 3 is 2.84 bits per heavy atom. The Hall–Kier alpha value is -1.45. The van der Waals surface area contributed by atoms with Crippen LogP contribution in [0.2, 0.25) is 0 Å². The van der Waals surface area contributed by atoms with Crippen molar-refractivity contribution in [3.05, 3.63) is 42.2 Å². The third-order valence-corrected chi connectivity index (χ3v) is 3.88. The smallest absolute Gasteiger partial charge is 0.0346 e. The number of hydrogen-bond acceptors (Lipinski definition) is 3. The molecule has 1 aromatic heterocycles. The van der Waals surface area contributed by atoms with Crippen molar-refractivity contribution < 1.29 is 0 Å². The van der Waals surface area contributed by atoms with Crippen LogP contribution >= 0.6 is 0 Å². The van der Waals surface area contributed by atoms with Crippen LogP contribution < -0.4 is 5.32 Å². The van der Waals surface area contributed by atoms with Gasteiger partial charge in [0.05, 0.1) is 0 Å². The molecule has 1 fully saturated rings. The van der Waals surface area contributed by atoms with Crippen LogP contribution in [0.15, 0.2) is 36.7 Å². The Morgan fingerprint density at radius 1 is 1.11 bits per heavy atom. The van der Waals surface area contributed by atoms with Gasteiger partial charge >= 0.3 is 0 Å². The number of aryl methyl sites for hydroxylation is 1. The molecular formula is C16H21N3. The van der Waals surface area contributed by atoms with E-state index in [4.69, 9.17) is 0 Å². The summed E-state index contributed by atoms with van der Waals surface area (Å²) in [7, 11) is 0. The Labute approximate surface area is 114 Å². The molecule has 2 aromatic rings. The van der Waals surface area contributed by atoms with Crippen molar-refractivity contribution in [2.45, 2.75) is 12.8 Å². The van der Waals surface area contributed by atoms with Crippen molar-refractivity contribution in [2.75, 3.05) is 32.7 Å². The molecule has 0 saturated carbocycles. The predicted molar refractivity (Wildman–Crippen MR) is 79.4 cm³/mol. The molecule has 1 aliphatic heterocycles. The molecule has 0 radical (unpaired) electrons. The van der Waals surface area contributed by atoms with Gasteiger partial charge in [-0.2, -0.15) is 0 Å². The first kappa shape index (κ1) is 12.6. The van der Waals surface area contributed by atoms with E-state index in [0.717, 1.165) is 19.5 Å². The predicted octanol–water partition coefficient (Wildman–Crippen LogP) is 2.07. The van der Waals surface area contributed by atoms with Crippen LogP contribution in [-0.2, 0) is 6.42 Å². The summed E-state index contributed by atoms with van der Waals surface area (Å²) in [4.78, 5) is 6.91. The fraction of sp³-hybridized carbons (Fsp3) is 0.438. The van der Waals surface area contributed by atoms with Crippen LogP contribution in [0.1, 0.15) is 12.0 Å². The second-order valence-corrected chi connectivity index (χ2v) is 5.21. The van der Waals surface area contributed by atoms with Crippen molar-refractivity contribution in [3.63, 3.8) is 0 Å². The monoisotopic (exact) mass is 255 g/mol. The molecule has 3 heteroatoms. The summed E-state index contributed by atoms with van der Waals surface area (Å²) in [6.45, 7) is 5.85. The van der Waals surface area contributed by atoms with E-state index < -0.39 is 0 Å². The summed E-state index contributed by atoms with van der Waals surface area (Å²) in [5, 5.41) is 6.01. The molecule has 0 spiro atoms. The lowest BCUT2D eigenvalue weighted by atomic mass is 10.0. The normalized spacial score (nSPS) is 16.8. The van der Waals surface area contributed by atoms with E-state index in [1.165, 1.54) is 42.4 Å². The van der Waals surface area contributed by atoms with Crippen molar-refractivity contribution in [1.82, 2.24) is 15.2 Å². The lowest BCUT2D eigenvalue weighted by Crippen LogP contribution is -2.43. The second-order valence-electron chi connectivity index (χ2n) is 5.21. The number of nitrogens with zero attached hydrogens (tertiary/aromatic N) is 2. The zero-order valence-corrected chi connectivity index (χ0v) is 11.3. The molecule has 3 rings (SSSR count). The summed E-state index contributed by atoms with van der Waals surface area (Å²) >= 11 is 0. The van der Waals surface area contributed by atoms with Gasteiger partial charge in [-0.05, 0) is 30.3 Å². The Bertz CT molecular complexity index is 527. The van der Waals surface area contributed by atoms with E-state index in [9.17, 15) is 0 Å². The van der Waals surface area contributed by atoms with Crippen LogP contribution in [0, 0.1) is 0 Å². The van der Waals surface area contributed by atoms with E-state index in [1.54, 1.807) is 0 Å². The SMILES string of the molecule is c1ccc2c(CCCN3CCNCC3)cncc2c1. The van der Waals surface area contributed by atoms with Gasteiger partial charge in [0.2, 0.25) is 0 Å². The van der Waals surface area contributed by atoms with Crippen LogP contribution in [0.3, 0.4) is 0 Å². The highest BCUT2D eigenvalue weighted by molar-refractivity contribution is 5.84. The maximum absolute atomic E-state index is 4.35. The molecule has 0 amide bonds. The van der Waals surface area contributed by atoms with Gasteiger partial charge in [0.25, 0.3) is 0 Å². The summed E-state index contributed by atoms with van der Waals surface area (Å²) in [6, 6.07) is 8.54. The minimum atomic E-state index is 1.12. The van der Waals surface area contributed by atoms with Crippen molar-refractivity contribution in [3.8, 4) is 0 Å². The third kappa shape index (κ3) is 3.11. The zero-order chi connectivity index (χ0) is 12.9. The van der Waals surface area contributed by atoms with Gasteiger partial charge in [0, 0.05) is 44.0 Å². The largest absolute Gasteiger partial charge is 0.314 e. The van der Waals surface area contributed by atoms with Crippen LogP contribution in [0.25, 0.3) is 10.8 Å². The molecule has 1 N–H and O–H groups in total. The number of fused-ring (bicyclic) bond motifs is 1. The summed E-state index contributed by atoms with van der Waals surface area (Å²) in [5.74, 6) is 0. The molecule has 1 saturated heterocycles. The molecule has 19 heavy (non-hydrogen) atoms. The molecule has 2 heterocycles. The maximum Gasteiger partial charge on any atom is 0.0346 e. The lowest BCUT2D eigenvalue weighted by molar-refractivity contribution is 0.238. The molecule has 3 nitrogen and oxygen atoms in total. The molecule has 0 bridgehead atoms. The number of pyridine rings is 1. The maximum atomic E-state index is 4.35. The van der Waals surface area contributed by atoms with Gasteiger partial charge in [-0.15, -0.1) is 0 Å². The first-order valence-electron chi connectivity index (χ1n) is 7.18. The fourth-order valence-electron chi connectivity index (χ4n) is 2.81. The number of hydrogen-bond donors (Lipinski definition) is 1. The first-order valence-corrected chi connectivity index (χ1v) is 7.18. The quantitative estimate of drug-likeness (QED) is 0.906. The molecule has 0 unspecified atom stereocenters. The van der Waals surface area contributed by atoms with Gasteiger partial charge in [0.15, 0.2) is 0 Å². The summed E-state index contributed by atoms with van der Waals surface area (Å²) in [5.41, 5.74) is 1.38. The van der Waals surface area contributed by atoms with Gasteiger partial charge in [-0.1, -0.05) is 24.3 Å². The highest BCUT2D eigenvalue weighted by Gasteiger charge is 2.09.